The fourth-order valence-corrected chi connectivity index (χ4v) is 5.54. The van der Waals surface area contributed by atoms with E-state index in [0.717, 1.165) is 64.0 Å². The highest BCUT2D eigenvalue weighted by Crippen LogP contribution is 2.29. The van der Waals surface area contributed by atoms with Gasteiger partial charge in [0.2, 0.25) is 0 Å². The zero-order valence-corrected chi connectivity index (χ0v) is 21.2. The number of hydrogen-bond acceptors (Lipinski definition) is 3. The molecule has 0 unspecified atom stereocenters. The lowest BCUT2D eigenvalue weighted by atomic mass is 9.96. The van der Waals surface area contributed by atoms with Crippen LogP contribution in [0.3, 0.4) is 0 Å². The molecule has 0 amide bonds. The molecule has 2 heterocycles. The van der Waals surface area contributed by atoms with E-state index < -0.39 is 0 Å². The number of piperazine rings is 1. The monoisotopic (exact) mass is 466 g/mol. The molecule has 1 fully saturated rings. The molecule has 0 radical (unpaired) electrons. The van der Waals surface area contributed by atoms with Crippen LogP contribution in [0.25, 0.3) is 11.0 Å². The molecule has 0 saturated carbocycles. The molecule has 1 aromatic heterocycles. The SMILES string of the molecule is CCCn1c(CC)nc2cc(CCN3CCN(C(c4ccccc4)c4ccccc4)CC3)ccc21. The van der Waals surface area contributed by atoms with Gasteiger partial charge in [-0.25, -0.2) is 4.98 Å². The van der Waals surface area contributed by atoms with Gasteiger partial charge in [-0.3, -0.25) is 4.90 Å². The van der Waals surface area contributed by atoms with E-state index in [9.17, 15) is 0 Å². The van der Waals surface area contributed by atoms with Crippen LogP contribution in [0.1, 0.15) is 48.8 Å². The lowest BCUT2D eigenvalue weighted by Gasteiger charge is -2.39. The van der Waals surface area contributed by atoms with Crippen molar-refractivity contribution < 1.29 is 0 Å². The van der Waals surface area contributed by atoms with Crippen molar-refractivity contribution in [3.05, 3.63) is 101 Å². The highest BCUT2D eigenvalue weighted by Gasteiger charge is 2.26. The highest BCUT2D eigenvalue weighted by atomic mass is 15.3. The van der Waals surface area contributed by atoms with Crippen LogP contribution in [0.15, 0.2) is 78.9 Å². The Morgan fingerprint density at radius 1 is 0.771 bits per heavy atom. The number of rotatable bonds is 9. The molecule has 0 bridgehead atoms. The Labute approximate surface area is 210 Å². The van der Waals surface area contributed by atoms with E-state index in [4.69, 9.17) is 4.98 Å². The number of benzene rings is 3. The molecule has 0 spiro atoms. The molecule has 4 nitrogen and oxygen atoms in total. The maximum absolute atomic E-state index is 4.93. The molecule has 4 heteroatoms. The van der Waals surface area contributed by atoms with Crippen LogP contribution < -0.4 is 0 Å². The minimum Gasteiger partial charge on any atom is -0.328 e. The van der Waals surface area contributed by atoms with E-state index in [1.807, 2.05) is 0 Å². The third kappa shape index (κ3) is 5.34. The summed E-state index contributed by atoms with van der Waals surface area (Å²) in [4.78, 5) is 10.2. The van der Waals surface area contributed by atoms with Crippen LogP contribution in [0.5, 0.6) is 0 Å². The van der Waals surface area contributed by atoms with E-state index in [2.05, 4.69) is 107 Å². The molecule has 1 aliphatic heterocycles. The van der Waals surface area contributed by atoms with Crippen LogP contribution in [-0.4, -0.2) is 52.1 Å². The first-order chi connectivity index (χ1) is 17.3. The Kier molecular flexibility index (Phi) is 7.60. The molecular formula is C31H38N4. The molecule has 1 aliphatic rings. The van der Waals surface area contributed by atoms with Crippen LogP contribution in [0.4, 0.5) is 0 Å². The Morgan fingerprint density at radius 3 is 2.03 bits per heavy atom. The molecule has 182 valence electrons. The van der Waals surface area contributed by atoms with Gasteiger partial charge < -0.3 is 9.47 Å². The molecule has 3 aromatic carbocycles. The second kappa shape index (κ2) is 11.2. The van der Waals surface area contributed by atoms with Crippen LogP contribution in [0, 0.1) is 0 Å². The third-order valence-electron chi connectivity index (χ3n) is 7.37. The van der Waals surface area contributed by atoms with Crippen molar-refractivity contribution in [3.8, 4) is 0 Å². The quantitative estimate of drug-likeness (QED) is 0.304. The first-order valence-corrected chi connectivity index (χ1v) is 13.3. The fourth-order valence-electron chi connectivity index (χ4n) is 5.54. The van der Waals surface area contributed by atoms with Crippen molar-refractivity contribution >= 4 is 11.0 Å². The summed E-state index contributed by atoms with van der Waals surface area (Å²) in [6.45, 7) is 11.0. The molecule has 35 heavy (non-hydrogen) atoms. The molecule has 0 N–H and O–H groups in total. The summed E-state index contributed by atoms with van der Waals surface area (Å²) >= 11 is 0. The van der Waals surface area contributed by atoms with Gasteiger partial charge in [0, 0.05) is 45.7 Å². The van der Waals surface area contributed by atoms with E-state index in [1.54, 1.807) is 0 Å². The van der Waals surface area contributed by atoms with Gasteiger partial charge in [-0.05, 0) is 41.7 Å². The maximum Gasteiger partial charge on any atom is 0.109 e. The van der Waals surface area contributed by atoms with Gasteiger partial charge in [-0.1, -0.05) is 80.6 Å². The molecule has 4 aromatic rings. The lowest BCUT2D eigenvalue weighted by Crippen LogP contribution is -2.48. The third-order valence-corrected chi connectivity index (χ3v) is 7.37. The van der Waals surface area contributed by atoms with Gasteiger partial charge in [0.05, 0.1) is 17.1 Å². The molecular weight excluding hydrogens is 428 g/mol. The Morgan fingerprint density at radius 2 is 1.43 bits per heavy atom. The number of hydrogen-bond donors (Lipinski definition) is 0. The summed E-state index contributed by atoms with van der Waals surface area (Å²) in [5.74, 6) is 1.21. The van der Waals surface area contributed by atoms with E-state index in [0.29, 0.717) is 6.04 Å². The van der Waals surface area contributed by atoms with Gasteiger partial charge >= 0.3 is 0 Å². The summed E-state index contributed by atoms with van der Waals surface area (Å²) < 4.78 is 2.40. The number of imidazole rings is 1. The van der Waals surface area contributed by atoms with Gasteiger partial charge in [0.15, 0.2) is 0 Å². The second-order valence-electron chi connectivity index (χ2n) is 9.71. The second-order valence-corrected chi connectivity index (χ2v) is 9.71. The van der Waals surface area contributed by atoms with Crippen LogP contribution >= 0.6 is 0 Å². The van der Waals surface area contributed by atoms with Crippen molar-refractivity contribution in [2.24, 2.45) is 0 Å². The Hall–Kier alpha value is -2.95. The number of nitrogens with zero attached hydrogens (tertiary/aromatic N) is 4. The van der Waals surface area contributed by atoms with Crippen LogP contribution in [0.2, 0.25) is 0 Å². The Bertz CT molecular complexity index is 1170. The van der Waals surface area contributed by atoms with Crippen molar-refractivity contribution in [2.45, 2.75) is 45.7 Å². The number of aryl methyl sites for hydroxylation is 2. The zero-order chi connectivity index (χ0) is 24.0. The molecule has 5 rings (SSSR count). The predicted octanol–water partition coefficient (Wildman–Crippen LogP) is 5.96. The zero-order valence-electron chi connectivity index (χ0n) is 21.2. The largest absolute Gasteiger partial charge is 0.328 e. The van der Waals surface area contributed by atoms with Crippen molar-refractivity contribution in [1.82, 2.24) is 19.4 Å². The van der Waals surface area contributed by atoms with Gasteiger partial charge in [-0.15, -0.1) is 0 Å². The summed E-state index contributed by atoms with van der Waals surface area (Å²) in [6.07, 6.45) is 3.21. The van der Waals surface area contributed by atoms with E-state index in [1.165, 1.54) is 28.0 Å². The summed E-state index contributed by atoms with van der Waals surface area (Å²) in [5.41, 5.74) is 6.61. The first-order valence-electron chi connectivity index (χ1n) is 13.3. The first kappa shape index (κ1) is 23.8. The van der Waals surface area contributed by atoms with Crippen LogP contribution in [-0.2, 0) is 19.4 Å². The van der Waals surface area contributed by atoms with Crippen molar-refractivity contribution in [1.29, 1.82) is 0 Å². The van der Waals surface area contributed by atoms with Gasteiger partial charge in [0.25, 0.3) is 0 Å². The smallest absolute Gasteiger partial charge is 0.109 e. The molecule has 0 aliphatic carbocycles. The number of fused-ring (bicyclic) bond motifs is 1. The standard InChI is InChI=1S/C31H38N4/c1-3-18-35-29-16-15-25(24-28(29)32-30(35)4-2)17-19-33-20-22-34(23-21-33)31(26-11-7-5-8-12-26)27-13-9-6-10-14-27/h5-16,24,31H,3-4,17-23H2,1-2H3. The highest BCUT2D eigenvalue weighted by molar-refractivity contribution is 5.77. The van der Waals surface area contributed by atoms with Gasteiger partial charge in [0.1, 0.15) is 5.82 Å². The Balaban J connectivity index is 1.22. The topological polar surface area (TPSA) is 24.3 Å². The fraction of sp³-hybridized carbons (Fsp3) is 0.387. The minimum atomic E-state index is 0.327. The summed E-state index contributed by atoms with van der Waals surface area (Å²) in [7, 11) is 0. The van der Waals surface area contributed by atoms with Crippen molar-refractivity contribution in [2.75, 3.05) is 32.7 Å². The normalized spacial score (nSPS) is 15.3. The van der Waals surface area contributed by atoms with Crippen molar-refractivity contribution in [3.63, 3.8) is 0 Å². The minimum absolute atomic E-state index is 0.327. The average molecular weight is 467 g/mol. The number of aromatic nitrogens is 2. The predicted molar refractivity (Wildman–Crippen MR) is 146 cm³/mol. The maximum atomic E-state index is 4.93. The average Bonchev–Trinajstić information content (AvgIpc) is 3.26. The summed E-state index contributed by atoms with van der Waals surface area (Å²) in [5, 5.41) is 0. The van der Waals surface area contributed by atoms with E-state index in [-0.39, 0.29) is 0 Å². The van der Waals surface area contributed by atoms with E-state index >= 15 is 0 Å². The molecule has 0 atom stereocenters. The van der Waals surface area contributed by atoms with Gasteiger partial charge in [-0.2, -0.15) is 0 Å². The summed E-state index contributed by atoms with van der Waals surface area (Å²) in [6, 6.07) is 29.2. The molecule has 1 saturated heterocycles. The lowest BCUT2D eigenvalue weighted by molar-refractivity contribution is 0.110.